The van der Waals surface area contributed by atoms with Gasteiger partial charge in [-0.2, -0.15) is 0 Å². The molecule has 0 bridgehead atoms. The number of H-pyrrole nitrogens is 1. The molecular formula is C19H24N4O2. The van der Waals surface area contributed by atoms with E-state index < -0.39 is 0 Å². The Morgan fingerprint density at radius 1 is 1.32 bits per heavy atom. The van der Waals surface area contributed by atoms with Crippen molar-refractivity contribution in [3.05, 3.63) is 30.1 Å². The molecule has 2 aliphatic rings. The second kappa shape index (κ2) is 6.50. The zero-order valence-corrected chi connectivity index (χ0v) is 14.6. The zero-order chi connectivity index (χ0) is 17.4. The van der Waals surface area contributed by atoms with E-state index in [1.165, 1.54) is 5.69 Å². The van der Waals surface area contributed by atoms with E-state index in [1.807, 2.05) is 17.9 Å². The summed E-state index contributed by atoms with van der Waals surface area (Å²) >= 11 is 0. The summed E-state index contributed by atoms with van der Waals surface area (Å²) in [4.78, 5) is 36.0. The van der Waals surface area contributed by atoms with Gasteiger partial charge in [0.15, 0.2) is 0 Å². The monoisotopic (exact) mass is 340 g/mol. The van der Waals surface area contributed by atoms with E-state index in [1.54, 1.807) is 11.1 Å². The molecule has 2 aliphatic heterocycles. The molecule has 1 atom stereocenters. The number of aromatic amines is 1. The minimum atomic E-state index is -0.330. The fourth-order valence-corrected chi connectivity index (χ4v) is 4.09. The highest BCUT2D eigenvalue weighted by Gasteiger charge is 2.33. The second-order valence-electron chi connectivity index (χ2n) is 7.13. The van der Waals surface area contributed by atoms with E-state index in [4.69, 9.17) is 0 Å². The van der Waals surface area contributed by atoms with Crippen LogP contribution in [0.5, 0.6) is 0 Å². The lowest BCUT2D eigenvalue weighted by Crippen LogP contribution is -2.49. The predicted molar refractivity (Wildman–Crippen MR) is 95.1 cm³/mol. The van der Waals surface area contributed by atoms with Gasteiger partial charge in [0.1, 0.15) is 11.7 Å². The number of nitrogens with one attached hydrogen (secondary N) is 1. The first-order valence-corrected chi connectivity index (χ1v) is 9.15. The molecule has 6 heteroatoms. The summed E-state index contributed by atoms with van der Waals surface area (Å²) in [6, 6.07) is 5.86. The highest BCUT2D eigenvalue weighted by molar-refractivity contribution is 5.88. The number of amides is 2. The maximum Gasteiger partial charge on any atom is 0.245 e. The minimum absolute atomic E-state index is 0.0898. The van der Waals surface area contributed by atoms with Gasteiger partial charge in [-0.25, -0.2) is 4.98 Å². The molecule has 0 saturated carbocycles. The van der Waals surface area contributed by atoms with Crippen LogP contribution in [0, 0.1) is 0 Å². The molecule has 6 nitrogen and oxygen atoms in total. The van der Waals surface area contributed by atoms with Crippen molar-refractivity contribution in [2.45, 2.75) is 44.6 Å². The van der Waals surface area contributed by atoms with Crippen LogP contribution < -0.4 is 0 Å². The first-order chi connectivity index (χ1) is 12.1. The highest BCUT2D eigenvalue weighted by atomic mass is 16.2. The molecule has 0 radical (unpaired) electrons. The number of pyridine rings is 1. The van der Waals surface area contributed by atoms with Gasteiger partial charge < -0.3 is 14.8 Å². The fourth-order valence-electron chi connectivity index (χ4n) is 4.09. The molecule has 2 amide bonds. The minimum Gasteiger partial charge on any atom is -0.343 e. The van der Waals surface area contributed by atoms with E-state index in [0.29, 0.717) is 18.9 Å². The maximum absolute atomic E-state index is 12.7. The van der Waals surface area contributed by atoms with Gasteiger partial charge in [-0.15, -0.1) is 0 Å². The molecule has 0 aliphatic carbocycles. The molecule has 2 aromatic rings. The van der Waals surface area contributed by atoms with Crippen molar-refractivity contribution in [1.29, 1.82) is 0 Å². The fraction of sp³-hybridized carbons (Fsp3) is 0.526. The van der Waals surface area contributed by atoms with Crippen molar-refractivity contribution in [2.24, 2.45) is 0 Å². The van der Waals surface area contributed by atoms with Crippen molar-refractivity contribution in [1.82, 2.24) is 19.8 Å². The van der Waals surface area contributed by atoms with Crippen LogP contribution in [0.4, 0.5) is 0 Å². The molecule has 4 heterocycles. The van der Waals surface area contributed by atoms with Gasteiger partial charge in [-0.1, -0.05) is 0 Å². The van der Waals surface area contributed by atoms with Crippen LogP contribution >= 0.6 is 0 Å². The van der Waals surface area contributed by atoms with Gasteiger partial charge in [-0.3, -0.25) is 9.59 Å². The number of fused-ring (bicyclic) bond motifs is 1. The van der Waals surface area contributed by atoms with Gasteiger partial charge in [0, 0.05) is 49.2 Å². The zero-order valence-electron chi connectivity index (χ0n) is 14.6. The number of rotatable bonds is 3. The average molecular weight is 340 g/mol. The van der Waals surface area contributed by atoms with Crippen LogP contribution in [0.2, 0.25) is 0 Å². The first kappa shape index (κ1) is 16.1. The molecule has 0 aromatic carbocycles. The van der Waals surface area contributed by atoms with E-state index in [9.17, 15) is 9.59 Å². The van der Waals surface area contributed by atoms with Crippen molar-refractivity contribution in [3.63, 3.8) is 0 Å². The van der Waals surface area contributed by atoms with Crippen LogP contribution in [-0.2, 0) is 9.59 Å². The number of aromatic nitrogens is 2. The number of likely N-dealkylation sites (tertiary alicyclic amines) is 2. The van der Waals surface area contributed by atoms with E-state index in [0.717, 1.165) is 43.4 Å². The number of piperidine rings is 1. The number of nitrogens with zero attached hydrogens (tertiary/aromatic N) is 3. The summed E-state index contributed by atoms with van der Waals surface area (Å²) in [6.45, 7) is 4.07. The third-order valence-corrected chi connectivity index (χ3v) is 5.59. The number of hydrogen-bond donors (Lipinski definition) is 1. The molecule has 2 aromatic heterocycles. The van der Waals surface area contributed by atoms with E-state index >= 15 is 0 Å². The van der Waals surface area contributed by atoms with Gasteiger partial charge >= 0.3 is 0 Å². The van der Waals surface area contributed by atoms with Crippen LogP contribution in [0.3, 0.4) is 0 Å². The number of carbonyl (C=O) groups excluding carboxylic acids is 2. The Morgan fingerprint density at radius 3 is 2.80 bits per heavy atom. The lowest BCUT2D eigenvalue weighted by atomic mass is 9.93. The van der Waals surface area contributed by atoms with Crippen molar-refractivity contribution in [2.75, 3.05) is 19.6 Å². The van der Waals surface area contributed by atoms with Crippen LogP contribution in [0.15, 0.2) is 24.4 Å². The Kier molecular flexibility index (Phi) is 4.19. The molecular weight excluding hydrogens is 316 g/mol. The van der Waals surface area contributed by atoms with Crippen molar-refractivity contribution >= 4 is 22.8 Å². The third kappa shape index (κ3) is 3.01. The largest absolute Gasteiger partial charge is 0.343 e. The van der Waals surface area contributed by atoms with E-state index in [2.05, 4.69) is 22.1 Å². The Balaban J connectivity index is 1.39. The SMILES string of the molecule is C[C@H](C(=O)N1CCC(c2cc3cccnc3[nH]2)CC1)N1CCCC1=O. The van der Waals surface area contributed by atoms with Crippen molar-refractivity contribution in [3.8, 4) is 0 Å². The molecule has 0 unspecified atom stereocenters. The highest BCUT2D eigenvalue weighted by Crippen LogP contribution is 2.30. The average Bonchev–Trinajstić information content (AvgIpc) is 3.26. The number of carbonyl (C=O) groups is 2. The molecule has 25 heavy (non-hydrogen) atoms. The quantitative estimate of drug-likeness (QED) is 0.932. The molecule has 0 spiro atoms. The van der Waals surface area contributed by atoms with Gasteiger partial charge in [-0.05, 0) is 44.4 Å². The summed E-state index contributed by atoms with van der Waals surface area (Å²) in [5, 5.41) is 1.14. The summed E-state index contributed by atoms with van der Waals surface area (Å²) < 4.78 is 0. The van der Waals surface area contributed by atoms with Crippen LogP contribution in [-0.4, -0.2) is 57.3 Å². The Labute approximate surface area is 147 Å². The summed E-state index contributed by atoms with van der Waals surface area (Å²) in [7, 11) is 0. The Bertz CT molecular complexity index is 759. The summed E-state index contributed by atoms with van der Waals surface area (Å²) in [5.41, 5.74) is 2.14. The lowest BCUT2D eigenvalue weighted by molar-refractivity contribution is -0.143. The molecule has 2 fully saturated rings. The van der Waals surface area contributed by atoms with Crippen LogP contribution in [0.1, 0.15) is 44.2 Å². The maximum atomic E-state index is 12.7. The van der Waals surface area contributed by atoms with E-state index in [-0.39, 0.29) is 17.9 Å². The number of hydrogen-bond acceptors (Lipinski definition) is 3. The van der Waals surface area contributed by atoms with Crippen LogP contribution in [0.25, 0.3) is 11.0 Å². The normalized spacial score (nSPS) is 20.4. The third-order valence-electron chi connectivity index (χ3n) is 5.59. The van der Waals surface area contributed by atoms with Crippen molar-refractivity contribution < 1.29 is 9.59 Å². The summed E-state index contributed by atoms with van der Waals surface area (Å²) in [6.07, 6.45) is 5.13. The Hall–Kier alpha value is -2.37. The Morgan fingerprint density at radius 2 is 2.12 bits per heavy atom. The second-order valence-corrected chi connectivity index (χ2v) is 7.13. The lowest BCUT2D eigenvalue weighted by Gasteiger charge is -2.35. The van der Waals surface area contributed by atoms with Gasteiger partial charge in [0.05, 0.1) is 0 Å². The predicted octanol–water partition coefficient (Wildman–Crippen LogP) is 2.28. The molecule has 1 N–H and O–H groups in total. The summed E-state index contributed by atoms with van der Waals surface area (Å²) in [5.74, 6) is 0.635. The standard InChI is InChI=1S/C19H24N4O2/c1-13(23-9-3-5-17(23)24)19(25)22-10-6-14(7-11-22)16-12-15-4-2-8-20-18(15)21-16/h2,4,8,12-14H,3,5-7,9-11H2,1H3,(H,20,21)/t13-/m1/s1. The first-order valence-electron chi connectivity index (χ1n) is 9.15. The molecule has 2 saturated heterocycles. The smallest absolute Gasteiger partial charge is 0.245 e. The topological polar surface area (TPSA) is 69.3 Å². The van der Waals surface area contributed by atoms with Gasteiger partial charge in [0.2, 0.25) is 11.8 Å². The molecule has 132 valence electrons. The molecule has 4 rings (SSSR count). The van der Waals surface area contributed by atoms with Gasteiger partial charge in [0.25, 0.3) is 0 Å².